The van der Waals surface area contributed by atoms with Gasteiger partial charge < -0.3 is 11.1 Å². The molecule has 0 aromatic heterocycles. The molecule has 0 bridgehead atoms. The SMILES string of the molecule is CC(C)(C)c1ccc(CCC(=O)NCCc2ccc(N)cc2)cc1. The average molecular weight is 324 g/mol. The fourth-order valence-electron chi connectivity index (χ4n) is 2.55. The van der Waals surface area contributed by atoms with Crippen molar-refractivity contribution in [1.82, 2.24) is 5.32 Å². The summed E-state index contributed by atoms with van der Waals surface area (Å²) in [7, 11) is 0. The molecular formula is C21H28N2O. The van der Waals surface area contributed by atoms with Crippen molar-refractivity contribution in [3.8, 4) is 0 Å². The first-order valence-corrected chi connectivity index (χ1v) is 8.55. The van der Waals surface area contributed by atoms with E-state index in [9.17, 15) is 4.79 Å². The molecule has 2 aromatic carbocycles. The van der Waals surface area contributed by atoms with Crippen molar-refractivity contribution < 1.29 is 4.79 Å². The number of hydrogen-bond acceptors (Lipinski definition) is 2. The van der Waals surface area contributed by atoms with Gasteiger partial charge in [-0.25, -0.2) is 0 Å². The summed E-state index contributed by atoms with van der Waals surface area (Å²) >= 11 is 0. The highest BCUT2D eigenvalue weighted by atomic mass is 16.1. The first kappa shape index (κ1) is 18.1. The molecule has 3 nitrogen and oxygen atoms in total. The highest BCUT2D eigenvalue weighted by molar-refractivity contribution is 5.76. The Morgan fingerprint density at radius 2 is 1.46 bits per heavy atom. The number of hydrogen-bond donors (Lipinski definition) is 2. The number of nitrogens with two attached hydrogens (primary N) is 1. The summed E-state index contributed by atoms with van der Waals surface area (Å²) < 4.78 is 0. The Bertz CT molecular complexity index is 652. The molecule has 0 aliphatic carbocycles. The van der Waals surface area contributed by atoms with Crippen molar-refractivity contribution in [2.24, 2.45) is 0 Å². The molecule has 0 atom stereocenters. The van der Waals surface area contributed by atoms with E-state index in [1.807, 2.05) is 24.3 Å². The average Bonchev–Trinajstić information content (AvgIpc) is 2.54. The van der Waals surface area contributed by atoms with E-state index in [4.69, 9.17) is 5.73 Å². The second-order valence-corrected chi connectivity index (χ2v) is 7.29. The van der Waals surface area contributed by atoms with E-state index in [0.29, 0.717) is 13.0 Å². The lowest BCUT2D eigenvalue weighted by Crippen LogP contribution is -2.25. The maximum atomic E-state index is 12.0. The topological polar surface area (TPSA) is 55.1 Å². The van der Waals surface area contributed by atoms with Gasteiger partial charge >= 0.3 is 0 Å². The zero-order valence-electron chi connectivity index (χ0n) is 14.9. The van der Waals surface area contributed by atoms with Gasteiger partial charge in [-0.1, -0.05) is 57.2 Å². The molecule has 1 amide bonds. The Morgan fingerprint density at radius 1 is 0.917 bits per heavy atom. The lowest BCUT2D eigenvalue weighted by molar-refractivity contribution is -0.121. The van der Waals surface area contributed by atoms with Gasteiger partial charge in [0.25, 0.3) is 0 Å². The Labute approximate surface area is 145 Å². The molecule has 0 aliphatic heterocycles. The quantitative estimate of drug-likeness (QED) is 0.793. The van der Waals surface area contributed by atoms with Crippen LogP contribution in [0.3, 0.4) is 0 Å². The van der Waals surface area contributed by atoms with Gasteiger partial charge in [-0.3, -0.25) is 4.79 Å². The maximum absolute atomic E-state index is 12.0. The second-order valence-electron chi connectivity index (χ2n) is 7.29. The monoisotopic (exact) mass is 324 g/mol. The third-order valence-electron chi connectivity index (χ3n) is 4.18. The van der Waals surface area contributed by atoms with E-state index >= 15 is 0 Å². The summed E-state index contributed by atoms with van der Waals surface area (Å²) in [6.07, 6.45) is 2.13. The number of carbonyl (C=O) groups is 1. The van der Waals surface area contributed by atoms with Gasteiger partial charge in [0, 0.05) is 18.7 Å². The van der Waals surface area contributed by atoms with Crippen LogP contribution < -0.4 is 11.1 Å². The van der Waals surface area contributed by atoms with Gasteiger partial charge in [0.1, 0.15) is 0 Å². The number of aryl methyl sites for hydroxylation is 1. The molecule has 0 saturated carbocycles. The van der Waals surface area contributed by atoms with Gasteiger partial charge in [-0.05, 0) is 47.1 Å². The third kappa shape index (κ3) is 5.73. The lowest BCUT2D eigenvalue weighted by atomic mass is 9.86. The molecule has 0 saturated heterocycles. The highest BCUT2D eigenvalue weighted by Gasteiger charge is 2.12. The predicted molar refractivity (Wildman–Crippen MR) is 101 cm³/mol. The molecule has 0 radical (unpaired) electrons. The minimum atomic E-state index is 0.102. The minimum Gasteiger partial charge on any atom is -0.399 e. The summed E-state index contributed by atoms with van der Waals surface area (Å²) in [5.41, 5.74) is 10.3. The van der Waals surface area contributed by atoms with Gasteiger partial charge in [-0.2, -0.15) is 0 Å². The molecule has 0 fully saturated rings. The highest BCUT2D eigenvalue weighted by Crippen LogP contribution is 2.22. The van der Waals surface area contributed by atoms with Crippen LogP contribution in [0.1, 0.15) is 43.9 Å². The third-order valence-corrected chi connectivity index (χ3v) is 4.18. The number of carbonyl (C=O) groups excluding carboxylic acids is 1. The van der Waals surface area contributed by atoms with Gasteiger partial charge in [0.15, 0.2) is 0 Å². The molecule has 0 heterocycles. The van der Waals surface area contributed by atoms with Crippen molar-refractivity contribution >= 4 is 11.6 Å². The predicted octanol–water partition coefficient (Wildman–Crippen LogP) is 3.86. The largest absolute Gasteiger partial charge is 0.399 e. The summed E-state index contributed by atoms with van der Waals surface area (Å²) in [6.45, 7) is 7.27. The normalized spacial score (nSPS) is 11.3. The lowest BCUT2D eigenvalue weighted by Gasteiger charge is -2.19. The first-order chi connectivity index (χ1) is 11.3. The van der Waals surface area contributed by atoms with Crippen LogP contribution in [0.4, 0.5) is 5.69 Å². The van der Waals surface area contributed by atoms with Crippen molar-refractivity contribution in [2.45, 2.75) is 45.4 Å². The fraction of sp³-hybridized carbons (Fsp3) is 0.381. The van der Waals surface area contributed by atoms with Gasteiger partial charge in [0.2, 0.25) is 5.91 Å². The molecule has 3 heteroatoms. The van der Waals surface area contributed by atoms with Crippen LogP contribution in [0.5, 0.6) is 0 Å². The van der Waals surface area contributed by atoms with E-state index < -0.39 is 0 Å². The van der Waals surface area contributed by atoms with Crippen LogP contribution >= 0.6 is 0 Å². The van der Waals surface area contributed by atoms with Gasteiger partial charge in [-0.15, -0.1) is 0 Å². The van der Waals surface area contributed by atoms with E-state index in [0.717, 1.165) is 18.5 Å². The van der Waals surface area contributed by atoms with E-state index in [-0.39, 0.29) is 11.3 Å². The molecule has 128 valence electrons. The number of nitrogens with one attached hydrogen (secondary N) is 1. The molecular weight excluding hydrogens is 296 g/mol. The molecule has 2 aromatic rings. The van der Waals surface area contributed by atoms with Crippen molar-refractivity contribution in [1.29, 1.82) is 0 Å². The van der Waals surface area contributed by atoms with Crippen molar-refractivity contribution in [2.75, 3.05) is 12.3 Å². The van der Waals surface area contributed by atoms with Crippen molar-refractivity contribution in [3.05, 3.63) is 65.2 Å². The molecule has 24 heavy (non-hydrogen) atoms. The van der Waals surface area contributed by atoms with Crippen LogP contribution in [0, 0.1) is 0 Å². The Morgan fingerprint density at radius 3 is 2.04 bits per heavy atom. The van der Waals surface area contributed by atoms with Gasteiger partial charge in [0.05, 0.1) is 0 Å². The fourth-order valence-corrected chi connectivity index (χ4v) is 2.55. The van der Waals surface area contributed by atoms with Crippen LogP contribution in [0.15, 0.2) is 48.5 Å². The minimum absolute atomic E-state index is 0.102. The van der Waals surface area contributed by atoms with E-state index in [1.165, 1.54) is 16.7 Å². The summed E-state index contributed by atoms with van der Waals surface area (Å²) in [6, 6.07) is 16.3. The maximum Gasteiger partial charge on any atom is 0.220 e. The smallest absolute Gasteiger partial charge is 0.220 e. The summed E-state index contributed by atoms with van der Waals surface area (Å²) in [5.74, 6) is 0.102. The van der Waals surface area contributed by atoms with Crippen LogP contribution in [-0.4, -0.2) is 12.5 Å². The zero-order valence-corrected chi connectivity index (χ0v) is 14.9. The number of rotatable bonds is 6. The number of amides is 1. The molecule has 0 unspecified atom stereocenters. The second kappa shape index (κ2) is 8.00. The number of nitrogen functional groups attached to an aromatic ring is 1. The van der Waals surface area contributed by atoms with E-state index in [2.05, 4.69) is 50.4 Å². The molecule has 0 spiro atoms. The van der Waals surface area contributed by atoms with Crippen LogP contribution in [0.2, 0.25) is 0 Å². The zero-order chi connectivity index (χ0) is 17.6. The van der Waals surface area contributed by atoms with E-state index in [1.54, 1.807) is 0 Å². The van der Waals surface area contributed by atoms with Crippen LogP contribution in [-0.2, 0) is 23.1 Å². The number of benzene rings is 2. The molecule has 2 rings (SSSR count). The first-order valence-electron chi connectivity index (χ1n) is 8.55. The Kier molecular flexibility index (Phi) is 6.02. The summed E-state index contributed by atoms with van der Waals surface area (Å²) in [5, 5.41) is 2.98. The number of anilines is 1. The van der Waals surface area contributed by atoms with Crippen LogP contribution in [0.25, 0.3) is 0 Å². The van der Waals surface area contributed by atoms with Crippen molar-refractivity contribution in [3.63, 3.8) is 0 Å². The Hall–Kier alpha value is -2.29. The Balaban J connectivity index is 1.72. The molecule has 0 aliphatic rings. The molecule has 3 N–H and O–H groups in total. The standard InChI is InChI=1S/C21H28N2O/c1-21(2,3)18-9-4-16(5-10-18)8-13-20(24)23-15-14-17-6-11-19(22)12-7-17/h4-7,9-12H,8,13-15,22H2,1-3H3,(H,23,24). The summed E-state index contributed by atoms with van der Waals surface area (Å²) in [4.78, 5) is 12.0.